The van der Waals surface area contributed by atoms with Gasteiger partial charge in [-0.3, -0.25) is 0 Å². The molecule has 0 fully saturated rings. The Balaban J connectivity index is 0.00000112. The van der Waals surface area contributed by atoms with E-state index >= 15 is 0 Å². The summed E-state index contributed by atoms with van der Waals surface area (Å²) in [5.41, 5.74) is 1.47. The molecule has 0 nitrogen and oxygen atoms in total. The molecule has 0 unspecified atom stereocenters. The van der Waals surface area contributed by atoms with Crippen LogP contribution in [0.3, 0.4) is 0 Å². The normalized spacial score (nSPS) is 10.3. The molecule has 0 spiro atoms. The minimum Gasteiger partial charge on any atom is -0.0625 e. The Morgan fingerprint density at radius 3 is 2.33 bits per heavy atom. The van der Waals surface area contributed by atoms with E-state index in [2.05, 4.69) is 56.3 Å². The molecule has 0 amide bonds. The third-order valence-corrected chi connectivity index (χ3v) is 2.51. The first-order chi connectivity index (χ1) is 6.77. The van der Waals surface area contributed by atoms with E-state index in [1.165, 1.54) is 22.8 Å². The summed E-state index contributed by atoms with van der Waals surface area (Å²) in [5, 5.41) is 2.76. The van der Waals surface area contributed by atoms with Gasteiger partial charge in [0.25, 0.3) is 0 Å². The second kappa shape index (κ2) is 5.69. The molecule has 0 N–H and O–H groups in total. The standard InChI is InChI=1S/C14H16.Na/c1-11(2)10-13-8-5-7-12-6-3-4-9-14(12)13;/h3-9,11H,10H2,1-2H3;. The molecule has 2 aromatic rings. The van der Waals surface area contributed by atoms with Crippen LogP contribution in [0.5, 0.6) is 0 Å². The van der Waals surface area contributed by atoms with Gasteiger partial charge in [0.1, 0.15) is 0 Å². The van der Waals surface area contributed by atoms with E-state index in [1.54, 1.807) is 0 Å². The first-order valence-corrected chi connectivity index (χ1v) is 5.24. The van der Waals surface area contributed by atoms with Crippen LogP contribution in [-0.4, -0.2) is 29.6 Å². The predicted molar refractivity (Wildman–Crippen MR) is 68.2 cm³/mol. The minimum atomic E-state index is 0. The average Bonchev–Trinajstić information content (AvgIpc) is 2.18. The largest absolute Gasteiger partial charge is 0.0625 e. The van der Waals surface area contributed by atoms with Crippen molar-refractivity contribution in [2.24, 2.45) is 5.92 Å². The van der Waals surface area contributed by atoms with Gasteiger partial charge < -0.3 is 0 Å². The number of hydrogen-bond donors (Lipinski definition) is 0. The van der Waals surface area contributed by atoms with Crippen molar-refractivity contribution in [2.75, 3.05) is 0 Å². The molecule has 1 radical (unpaired) electrons. The molecular weight excluding hydrogens is 191 g/mol. The van der Waals surface area contributed by atoms with Crippen molar-refractivity contribution in [3.05, 3.63) is 48.0 Å². The summed E-state index contributed by atoms with van der Waals surface area (Å²) < 4.78 is 0. The van der Waals surface area contributed by atoms with Gasteiger partial charge in [-0.25, -0.2) is 0 Å². The summed E-state index contributed by atoms with van der Waals surface area (Å²) in [5.74, 6) is 0.723. The van der Waals surface area contributed by atoms with Gasteiger partial charge in [0.15, 0.2) is 0 Å². The van der Waals surface area contributed by atoms with Gasteiger partial charge in [-0.15, -0.1) is 0 Å². The maximum absolute atomic E-state index is 2.27. The molecule has 0 bridgehead atoms. The Bertz CT molecular complexity index is 427. The second-order valence-corrected chi connectivity index (χ2v) is 4.24. The van der Waals surface area contributed by atoms with E-state index < -0.39 is 0 Å². The molecule has 0 heterocycles. The van der Waals surface area contributed by atoms with Crippen molar-refractivity contribution in [3.8, 4) is 0 Å². The molecule has 0 saturated heterocycles. The van der Waals surface area contributed by atoms with E-state index in [0.717, 1.165) is 5.92 Å². The fourth-order valence-corrected chi connectivity index (χ4v) is 1.91. The van der Waals surface area contributed by atoms with Gasteiger partial charge in [-0.1, -0.05) is 56.3 Å². The number of fused-ring (bicyclic) bond motifs is 1. The third kappa shape index (κ3) is 3.07. The molecule has 2 rings (SSSR count). The minimum absolute atomic E-state index is 0. The molecule has 1 heteroatoms. The van der Waals surface area contributed by atoms with Crippen LogP contribution in [0.1, 0.15) is 19.4 Å². The summed E-state index contributed by atoms with van der Waals surface area (Å²) in [4.78, 5) is 0. The van der Waals surface area contributed by atoms with Gasteiger partial charge in [-0.2, -0.15) is 0 Å². The van der Waals surface area contributed by atoms with Crippen LogP contribution < -0.4 is 0 Å². The van der Waals surface area contributed by atoms with Crippen molar-refractivity contribution in [2.45, 2.75) is 20.3 Å². The smallest absolute Gasteiger partial charge is 0 e. The van der Waals surface area contributed by atoms with Gasteiger partial charge >= 0.3 is 0 Å². The zero-order valence-corrected chi connectivity index (χ0v) is 11.8. The van der Waals surface area contributed by atoms with E-state index in [0.29, 0.717) is 0 Å². The molecule has 0 aliphatic heterocycles. The Morgan fingerprint density at radius 1 is 0.933 bits per heavy atom. The Morgan fingerprint density at radius 2 is 1.60 bits per heavy atom. The Hall–Kier alpha value is -0.300. The monoisotopic (exact) mass is 207 g/mol. The second-order valence-electron chi connectivity index (χ2n) is 4.24. The molecule has 0 atom stereocenters. The van der Waals surface area contributed by atoms with Gasteiger partial charge in [0.2, 0.25) is 0 Å². The maximum Gasteiger partial charge on any atom is 0 e. The van der Waals surface area contributed by atoms with E-state index in [9.17, 15) is 0 Å². The molecule has 0 aromatic heterocycles. The van der Waals surface area contributed by atoms with Crippen LogP contribution >= 0.6 is 0 Å². The van der Waals surface area contributed by atoms with Crippen LogP contribution in [0.2, 0.25) is 0 Å². The summed E-state index contributed by atoms with van der Waals surface area (Å²) in [6, 6.07) is 15.2. The molecule has 15 heavy (non-hydrogen) atoms. The van der Waals surface area contributed by atoms with E-state index in [-0.39, 0.29) is 29.6 Å². The average molecular weight is 207 g/mol. The third-order valence-electron chi connectivity index (χ3n) is 2.51. The van der Waals surface area contributed by atoms with Gasteiger partial charge in [0.05, 0.1) is 0 Å². The topological polar surface area (TPSA) is 0 Å². The van der Waals surface area contributed by atoms with Crippen molar-refractivity contribution in [3.63, 3.8) is 0 Å². The van der Waals surface area contributed by atoms with E-state index in [1.807, 2.05) is 0 Å². The fraction of sp³-hybridized carbons (Fsp3) is 0.286. The Labute approximate surface area is 114 Å². The zero-order chi connectivity index (χ0) is 9.97. The van der Waals surface area contributed by atoms with Crippen molar-refractivity contribution < 1.29 is 0 Å². The van der Waals surface area contributed by atoms with Gasteiger partial charge in [-0.05, 0) is 28.7 Å². The molecular formula is C14H16Na. The molecule has 2 aromatic carbocycles. The van der Waals surface area contributed by atoms with Gasteiger partial charge in [0, 0.05) is 29.6 Å². The number of rotatable bonds is 2. The summed E-state index contributed by atoms with van der Waals surface area (Å²) in [7, 11) is 0. The zero-order valence-electron chi connectivity index (χ0n) is 9.83. The maximum atomic E-state index is 2.27. The van der Waals surface area contributed by atoms with Crippen molar-refractivity contribution >= 4 is 40.3 Å². The fourth-order valence-electron chi connectivity index (χ4n) is 1.91. The van der Waals surface area contributed by atoms with Crippen LogP contribution in [0.25, 0.3) is 10.8 Å². The SMILES string of the molecule is CC(C)Cc1cccc2ccccc12.[Na]. The number of hydrogen-bond acceptors (Lipinski definition) is 0. The quantitative estimate of drug-likeness (QED) is 0.659. The molecule has 0 aliphatic carbocycles. The van der Waals surface area contributed by atoms with Crippen LogP contribution in [0.15, 0.2) is 42.5 Å². The van der Waals surface area contributed by atoms with Crippen molar-refractivity contribution in [1.29, 1.82) is 0 Å². The summed E-state index contributed by atoms with van der Waals surface area (Å²) in [6.07, 6.45) is 1.17. The Kier molecular flexibility index (Phi) is 4.85. The number of benzene rings is 2. The van der Waals surface area contributed by atoms with Crippen LogP contribution in [0, 0.1) is 5.92 Å². The molecule has 0 saturated carbocycles. The predicted octanol–water partition coefficient (Wildman–Crippen LogP) is 3.66. The first-order valence-electron chi connectivity index (χ1n) is 5.24. The summed E-state index contributed by atoms with van der Waals surface area (Å²) >= 11 is 0. The molecule has 0 aliphatic rings. The first kappa shape index (κ1) is 12.8. The van der Waals surface area contributed by atoms with Crippen molar-refractivity contribution in [1.82, 2.24) is 0 Å². The van der Waals surface area contributed by atoms with Crippen LogP contribution in [-0.2, 0) is 6.42 Å². The van der Waals surface area contributed by atoms with E-state index in [4.69, 9.17) is 0 Å². The summed E-state index contributed by atoms with van der Waals surface area (Å²) in [6.45, 7) is 4.53. The van der Waals surface area contributed by atoms with Crippen LogP contribution in [0.4, 0.5) is 0 Å². The molecule has 73 valence electrons.